The number of hydrogen-bond acceptors (Lipinski definition) is 4. The number of rotatable bonds is 7. The Morgan fingerprint density at radius 2 is 1.96 bits per heavy atom. The number of benzene rings is 1. The van der Waals surface area contributed by atoms with Gasteiger partial charge in [-0.25, -0.2) is 8.42 Å². The zero-order chi connectivity index (χ0) is 18.4. The van der Waals surface area contributed by atoms with E-state index in [0.717, 1.165) is 25.7 Å². The second-order valence-electron chi connectivity index (χ2n) is 6.79. The fourth-order valence-corrected chi connectivity index (χ4v) is 4.67. The molecule has 7 heteroatoms. The van der Waals surface area contributed by atoms with Crippen LogP contribution in [0.25, 0.3) is 0 Å². The van der Waals surface area contributed by atoms with Gasteiger partial charge in [-0.3, -0.25) is 4.79 Å². The first-order valence-corrected chi connectivity index (χ1v) is 10.3. The summed E-state index contributed by atoms with van der Waals surface area (Å²) in [6.07, 6.45) is 5.14. The number of sulfonamides is 1. The zero-order valence-electron chi connectivity index (χ0n) is 15.3. The molecule has 1 saturated carbocycles. The van der Waals surface area contributed by atoms with E-state index in [-0.39, 0.29) is 22.8 Å². The van der Waals surface area contributed by atoms with Crippen molar-refractivity contribution in [1.82, 2.24) is 9.62 Å². The Labute approximate surface area is 151 Å². The number of anilines is 1. The van der Waals surface area contributed by atoms with Gasteiger partial charge in [0, 0.05) is 31.2 Å². The van der Waals surface area contributed by atoms with Gasteiger partial charge < -0.3 is 10.6 Å². The summed E-state index contributed by atoms with van der Waals surface area (Å²) < 4.78 is 27.3. The Morgan fingerprint density at radius 3 is 2.60 bits per heavy atom. The third kappa shape index (κ3) is 5.03. The van der Waals surface area contributed by atoms with Crippen LogP contribution in [0.1, 0.15) is 39.0 Å². The predicted octanol–water partition coefficient (Wildman–Crippen LogP) is 2.43. The van der Waals surface area contributed by atoms with E-state index in [2.05, 4.69) is 10.6 Å². The van der Waals surface area contributed by atoms with Crippen LogP contribution in [0.4, 0.5) is 5.69 Å². The van der Waals surface area contributed by atoms with Gasteiger partial charge >= 0.3 is 0 Å². The Balaban J connectivity index is 2.14. The van der Waals surface area contributed by atoms with E-state index in [1.54, 1.807) is 38.4 Å². The molecule has 0 aliphatic heterocycles. The van der Waals surface area contributed by atoms with Crippen LogP contribution >= 0.6 is 0 Å². The van der Waals surface area contributed by atoms with Gasteiger partial charge in [0.25, 0.3) is 0 Å². The van der Waals surface area contributed by atoms with Crippen molar-refractivity contribution in [1.29, 1.82) is 0 Å². The van der Waals surface area contributed by atoms with E-state index < -0.39 is 10.0 Å². The smallest absolute Gasteiger partial charge is 0.243 e. The van der Waals surface area contributed by atoms with Crippen molar-refractivity contribution in [2.75, 3.05) is 26.0 Å². The second kappa shape index (κ2) is 8.78. The van der Waals surface area contributed by atoms with Gasteiger partial charge in [-0.2, -0.15) is 4.31 Å². The molecule has 1 aliphatic rings. The van der Waals surface area contributed by atoms with Crippen molar-refractivity contribution in [2.45, 2.75) is 50.0 Å². The second-order valence-corrected chi connectivity index (χ2v) is 8.79. The largest absolute Gasteiger partial charge is 0.326 e. The van der Waals surface area contributed by atoms with Crippen LogP contribution in [0, 0.1) is 5.92 Å². The van der Waals surface area contributed by atoms with E-state index in [9.17, 15) is 13.2 Å². The standard InChI is InChI=1S/C18H29N3O3S/c1-14(13-19-2)18(22)20-15-8-7-11-17(12-15)25(23,24)21(3)16-9-5-4-6-10-16/h7-8,11-12,14,16,19H,4-6,9-10,13H2,1-3H3,(H,20,22). The molecule has 2 rings (SSSR count). The molecule has 1 fully saturated rings. The third-order valence-corrected chi connectivity index (χ3v) is 6.73. The first kappa shape index (κ1) is 19.9. The average Bonchev–Trinajstić information content (AvgIpc) is 2.62. The monoisotopic (exact) mass is 367 g/mol. The van der Waals surface area contributed by atoms with Crippen LogP contribution in [-0.4, -0.2) is 45.3 Å². The molecule has 0 bridgehead atoms. The van der Waals surface area contributed by atoms with Gasteiger partial charge in [-0.1, -0.05) is 32.3 Å². The van der Waals surface area contributed by atoms with E-state index in [4.69, 9.17) is 0 Å². The molecule has 0 saturated heterocycles. The minimum atomic E-state index is -3.56. The lowest BCUT2D eigenvalue weighted by Crippen LogP contribution is -2.38. The number of nitrogens with zero attached hydrogens (tertiary/aromatic N) is 1. The van der Waals surface area contributed by atoms with Gasteiger partial charge in [-0.05, 0) is 38.1 Å². The molecule has 0 spiro atoms. The minimum absolute atomic E-state index is 0.0626. The van der Waals surface area contributed by atoms with Crippen molar-refractivity contribution in [3.63, 3.8) is 0 Å². The molecule has 1 unspecified atom stereocenters. The fraction of sp³-hybridized carbons (Fsp3) is 0.611. The van der Waals surface area contributed by atoms with Gasteiger partial charge in [0.15, 0.2) is 0 Å². The van der Waals surface area contributed by atoms with E-state index in [1.807, 2.05) is 6.92 Å². The third-order valence-electron chi connectivity index (χ3n) is 4.83. The number of carbonyl (C=O) groups is 1. The molecule has 1 amide bonds. The van der Waals surface area contributed by atoms with Crippen LogP contribution in [0.5, 0.6) is 0 Å². The van der Waals surface area contributed by atoms with Gasteiger partial charge in [0.1, 0.15) is 0 Å². The summed E-state index contributed by atoms with van der Waals surface area (Å²) in [6, 6.07) is 6.57. The first-order chi connectivity index (χ1) is 11.9. The molecule has 0 heterocycles. The molecule has 140 valence electrons. The molecule has 0 aromatic heterocycles. The van der Waals surface area contributed by atoms with Gasteiger partial charge in [-0.15, -0.1) is 0 Å². The number of hydrogen-bond donors (Lipinski definition) is 2. The SMILES string of the molecule is CNCC(C)C(=O)Nc1cccc(S(=O)(=O)N(C)C2CCCCC2)c1. The highest BCUT2D eigenvalue weighted by molar-refractivity contribution is 7.89. The quantitative estimate of drug-likeness (QED) is 0.776. The molecule has 0 radical (unpaired) electrons. The minimum Gasteiger partial charge on any atom is -0.326 e. The van der Waals surface area contributed by atoms with Crippen molar-refractivity contribution >= 4 is 21.6 Å². The molecule has 6 nitrogen and oxygen atoms in total. The van der Waals surface area contributed by atoms with Crippen LogP contribution in [-0.2, 0) is 14.8 Å². The molecule has 1 aliphatic carbocycles. The molecule has 1 aromatic carbocycles. The summed E-state index contributed by atoms with van der Waals surface area (Å²) >= 11 is 0. The molecule has 1 aromatic rings. The number of amides is 1. The summed E-state index contributed by atoms with van der Waals surface area (Å²) in [6.45, 7) is 2.39. The lowest BCUT2D eigenvalue weighted by molar-refractivity contribution is -0.119. The Bertz CT molecular complexity index is 685. The van der Waals surface area contributed by atoms with Crippen molar-refractivity contribution < 1.29 is 13.2 Å². The normalized spacial score (nSPS) is 17.4. The van der Waals surface area contributed by atoms with Crippen LogP contribution in [0.15, 0.2) is 29.2 Å². The van der Waals surface area contributed by atoms with Gasteiger partial charge in [0.2, 0.25) is 15.9 Å². The van der Waals surface area contributed by atoms with Crippen LogP contribution in [0.3, 0.4) is 0 Å². The lowest BCUT2D eigenvalue weighted by Gasteiger charge is -2.30. The summed E-state index contributed by atoms with van der Waals surface area (Å²) in [5.74, 6) is -0.334. The Morgan fingerprint density at radius 1 is 1.28 bits per heavy atom. The van der Waals surface area contributed by atoms with Crippen LogP contribution < -0.4 is 10.6 Å². The maximum Gasteiger partial charge on any atom is 0.243 e. The lowest BCUT2D eigenvalue weighted by atomic mass is 9.96. The maximum absolute atomic E-state index is 12.9. The summed E-state index contributed by atoms with van der Waals surface area (Å²) in [5, 5.41) is 5.75. The Kier molecular flexibility index (Phi) is 6.98. The molecular formula is C18H29N3O3S. The highest BCUT2D eigenvalue weighted by atomic mass is 32.2. The molecule has 1 atom stereocenters. The highest BCUT2D eigenvalue weighted by Gasteiger charge is 2.29. The van der Waals surface area contributed by atoms with Crippen molar-refractivity contribution in [3.05, 3.63) is 24.3 Å². The first-order valence-electron chi connectivity index (χ1n) is 8.90. The van der Waals surface area contributed by atoms with Crippen molar-refractivity contribution in [3.8, 4) is 0 Å². The average molecular weight is 368 g/mol. The zero-order valence-corrected chi connectivity index (χ0v) is 16.1. The number of nitrogens with one attached hydrogen (secondary N) is 2. The highest BCUT2D eigenvalue weighted by Crippen LogP contribution is 2.27. The molecule has 2 N–H and O–H groups in total. The molecular weight excluding hydrogens is 338 g/mol. The van der Waals surface area contributed by atoms with E-state index in [1.165, 1.54) is 10.7 Å². The fourth-order valence-electron chi connectivity index (χ4n) is 3.21. The maximum atomic E-state index is 12.9. The summed E-state index contributed by atoms with van der Waals surface area (Å²) in [4.78, 5) is 12.4. The van der Waals surface area contributed by atoms with Crippen LogP contribution in [0.2, 0.25) is 0 Å². The van der Waals surface area contributed by atoms with Crippen molar-refractivity contribution in [2.24, 2.45) is 5.92 Å². The number of carbonyl (C=O) groups excluding carboxylic acids is 1. The summed E-state index contributed by atoms with van der Waals surface area (Å²) in [5.41, 5.74) is 0.506. The topological polar surface area (TPSA) is 78.5 Å². The summed E-state index contributed by atoms with van der Waals surface area (Å²) in [7, 11) is -0.110. The van der Waals surface area contributed by atoms with E-state index >= 15 is 0 Å². The van der Waals surface area contributed by atoms with Gasteiger partial charge in [0.05, 0.1) is 4.90 Å². The van der Waals surface area contributed by atoms with E-state index in [0.29, 0.717) is 12.2 Å². The predicted molar refractivity (Wildman–Crippen MR) is 100.0 cm³/mol. The Hall–Kier alpha value is -1.44. The molecule has 25 heavy (non-hydrogen) atoms.